The summed E-state index contributed by atoms with van der Waals surface area (Å²) in [4.78, 5) is 2.33. The number of anilines is 1. The van der Waals surface area contributed by atoms with Crippen LogP contribution in [0.1, 0.15) is 20.3 Å². The second-order valence-corrected chi connectivity index (χ2v) is 5.83. The standard InChI is InChI=1S/C14H20N2O2/c1-14(2)5-6-16(8-13(14)15)10-3-4-11-12(7-10)18-9-17-11/h3-4,7,13H,5-6,8-9,15H2,1-2H3. The zero-order valence-corrected chi connectivity index (χ0v) is 11.0. The van der Waals surface area contributed by atoms with Crippen molar-refractivity contribution < 1.29 is 9.47 Å². The Kier molecular flexibility index (Phi) is 2.63. The summed E-state index contributed by atoms with van der Waals surface area (Å²) in [5.74, 6) is 1.67. The van der Waals surface area contributed by atoms with Gasteiger partial charge in [0.2, 0.25) is 6.79 Å². The summed E-state index contributed by atoms with van der Waals surface area (Å²) in [5.41, 5.74) is 7.66. The smallest absolute Gasteiger partial charge is 0.231 e. The Hall–Kier alpha value is -1.42. The highest BCUT2D eigenvalue weighted by Gasteiger charge is 2.33. The molecule has 2 heterocycles. The third-order valence-electron chi connectivity index (χ3n) is 4.17. The maximum atomic E-state index is 6.26. The second kappa shape index (κ2) is 4.05. The van der Waals surface area contributed by atoms with E-state index in [0.29, 0.717) is 6.79 Å². The molecule has 4 nitrogen and oxygen atoms in total. The minimum absolute atomic E-state index is 0.205. The first kappa shape index (κ1) is 11.7. The molecule has 1 aromatic rings. The summed E-state index contributed by atoms with van der Waals surface area (Å²) >= 11 is 0. The molecule has 1 unspecified atom stereocenters. The van der Waals surface area contributed by atoms with Gasteiger partial charge >= 0.3 is 0 Å². The Morgan fingerprint density at radius 3 is 2.83 bits per heavy atom. The average Bonchev–Trinajstić information content (AvgIpc) is 2.79. The van der Waals surface area contributed by atoms with Crippen LogP contribution in [0.15, 0.2) is 18.2 Å². The van der Waals surface area contributed by atoms with E-state index < -0.39 is 0 Å². The summed E-state index contributed by atoms with van der Waals surface area (Å²) in [7, 11) is 0. The van der Waals surface area contributed by atoms with Gasteiger partial charge in [0.25, 0.3) is 0 Å². The van der Waals surface area contributed by atoms with Gasteiger partial charge in [-0.25, -0.2) is 0 Å². The molecule has 0 saturated carbocycles. The highest BCUT2D eigenvalue weighted by atomic mass is 16.7. The molecule has 1 atom stereocenters. The van der Waals surface area contributed by atoms with Crippen LogP contribution in [0.4, 0.5) is 5.69 Å². The van der Waals surface area contributed by atoms with Crippen LogP contribution >= 0.6 is 0 Å². The maximum Gasteiger partial charge on any atom is 0.231 e. The molecular formula is C14H20N2O2. The molecule has 4 heteroatoms. The van der Waals surface area contributed by atoms with Crippen LogP contribution in [0.3, 0.4) is 0 Å². The van der Waals surface area contributed by atoms with E-state index in [1.165, 1.54) is 5.69 Å². The number of benzene rings is 1. The highest BCUT2D eigenvalue weighted by molar-refractivity contribution is 5.57. The predicted molar refractivity (Wildman–Crippen MR) is 71.2 cm³/mol. The lowest BCUT2D eigenvalue weighted by Gasteiger charge is -2.43. The molecule has 2 aliphatic rings. The van der Waals surface area contributed by atoms with E-state index in [4.69, 9.17) is 15.2 Å². The van der Waals surface area contributed by atoms with Gasteiger partial charge in [-0.15, -0.1) is 0 Å². The number of nitrogens with two attached hydrogens (primary N) is 1. The van der Waals surface area contributed by atoms with E-state index in [1.807, 2.05) is 12.1 Å². The lowest BCUT2D eigenvalue weighted by molar-refractivity contribution is 0.174. The van der Waals surface area contributed by atoms with Gasteiger partial charge in [-0.05, 0) is 24.0 Å². The van der Waals surface area contributed by atoms with Crippen molar-refractivity contribution in [2.75, 3.05) is 24.8 Å². The van der Waals surface area contributed by atoms with Gasteiger partial charge in [-0.3, -0.25) is 0 Å². The SMILES string of the molecule is CC1(C)CCN(c2ccc3c(c2)OCO3)CC1N. The molecule has 0 aromatic heterocycles. The summed E-state index contributed by atoms with van der Waals surface area (Å²) in [5, 5.41) is 0. The molecule has 2 aliphatic heterocycles. The van der Waals surface area contributed by atoms with Crippen molar-refractivity contribution >= 4 is 5.69 Å². The summed E-state index contributed by atoms with van der Waals surface area (Å²) < 4.78 is 10.7. The van der Waals surface area contributed by atoms with Crippen molar-refractivity contribution in [3.05, 3.63) is 18.2 Å². The third kappa shape index (κ3) is 1.90. The van der Waals surface area contributed by atoms with Gasteiger partial charge in [-0.1, -0.05) is 13.8 Å². The number of piperidine rings is 1. The largest absolute Gasteiger partial charge is 0.454 e. The van der Waals surface area contributed by atoms with E-state index in [1.54, 1.807) is 0 Å². The van der Waals surface area contributed by atoms with E-state index in [-0.39, 0.29) is 11.5 Å². The number of fused-ring (bicyclic) bond motifs is 1. The van der Waals surface area contributed by atoms with E-state index in [0.717, 1.165) is 31.0 Å². The Morgan fingerprint density at radius 1 is 1.28 bits per heavy atom. The first-order valence-electron chi connectivity index (χ1n) is 6.46. The van der Waals surface area contributed by atoms with Crippen LogP contribution in [0, 0.1) is 5.41 Å². The highest BCUT2D eigenvalue weighted by Crippen LogP contribution is 2.37. The second-order valence-electron chi connectivity index (χ2n) is 5.83. The number of rotatable bonds is 1. The van der Waals surface area contributed by atoms with Crippen molar-refractivity contribution in [3.63, 3.8) is 0 Å². The van der Waals surface area contributed by atoms with E-state index >= 15 is 0 Å². The lowest BCUT2D eigenvalue weighted by Crippen LogP contribution is -2.52. The molecule has 0 spiro atoms. The monoisotopic (exact) mass is 248 g/mol. The summed E-state index contributed by atoms with van der Waals surface area (Å²) in [6.45, 7) is 6.75. The molecule has 0 aliphatic carbocycles. The number of hydrogen-bond donors (Lipinski definition) is 1. The number of ether oxygens (including phenoxy) is 2. The number of nitrogens with zero attached hydrogens (tertiary/aromatic N) is 1. The van der Waals surface area contributed by atoms with Gasteiger partial charge in [0.05, 0.1) is 0 Å². The van der Waals surface area contributed by atoms with E-state index in [2.05, 4.69) is 24.8 Å². The Balaban J connectivity index is 1.80. The molecular weight excluding hydrogens is 228 g/mol. The quantitative estimate of drug-likeness (QED) is 0.825. The topological polar surface area (TPSA) is 47.7 Å². The first-order chi connectivity index (χ1) is 8.56. The maximum absolute atomic E-state index is 6.26. The van der Waals surface area contributed by atoms with Crippen LogP contribution in [-0.4, -0.2) is 25.9 Å². The van der Waals surface area contributed by atoms with Crippen LogP contribution in [0.25, 0.3) is 0 Å². The molecule has 1 saturated heterocycles. The molecule has 1 fully saturated rings. The molecule has 0 amide bonds. The van der Waals surface area contributed by atoms with Crippen molar-refractivity contribution in [3.8, 4) is 11.5 Å². The average molecular weight is 248 g/mol. The normalized spacial score (nSPS) is 25.3. The molecule has 0 radical (unpaired) electrons. The van der Waals surface area contributed by atoms with Crippen LogP contribution in [0.5, 0.6) is 11.5 Å². The molecule has 0 bridgehead atoms. The van der Waals surface area contributed by atoms with Crippen LogP contribution < -0.4 is 20.1 Å². The first-order valence-corrected chi connectivity index (χ1v) is 6.46. The summed E-state index contributed by atoms with van der Waals surface area (Å²) in [6, 6.07) is 6.31. The Morgan fingerprint density at radius 2 is 2.06 bits per heavy atom. The fourth-order valence-electron chi connectivity index (χ4n) is 2.50. The fraction of sp³-hybridized carbons (Fsp3) is 0.571. The zero-order chi connectivity index (χ0) is 12.8. The van der Waals surface area contributed by atoms with Crippen molar-refractivity contribution in [2.45, 2.75) is 26.3 Å². The molecule has 1 aromatic carbocycles. The molecule has 18 heavy (non-hydrogen) atoms. The van der Waals surface area contributed by atoms with Gasteiger partial charge in [0, 0.05) is 30.9 Å². The molecule has 2 N–H and O–H groups in total. The van der Waals surface area contributed by atoms with Crippen LogP contribution in [-0.2, 0) is 0 Å². The minimum atomic E-state index is 0.205. The summed E-state index contributed by atoms with van der Waals surface area (Å²) in [6.07, 6.45) is 1.11. The fourth-order valence-corrected chi connectivity index (χ4v) is 2.50. The zero-order valence-electron chi connectivity index (χ0n) is 11.0. The molecule has 98 valence electrons. The van der Waals surface area contributed by atoms with Crippen molar-refractivity contribution in [1.29, 1.82) is 0 Å². The Bertz CT molecular complexity index is 459. The lowest BCUT2D eigenvalue weighted by atomic mass is 9.78. The van der Waals surface area contributed by atoms with Gasteiger partial charge in [0.15, 0.2) is 11.5 Å². The van der Waals surface area contributed by atoms with Gasteiger partial charge in [-0.2, -0.15) is 0 Å². The van der Waals surface area contributed by atoms with Crippen LogP contribution in [0.2, 0.25) is 0 Å². The minimum Gasteiger partial charge on any atom is -0.454 e. The number of hydrogen-bond acceptors (Lipinski definition) is 4. The van der Waals surface area contributed by atoms with E-state index in [9.17, 15) is 0 Å². The van der Waals surface area contributed by atoms with Gasteiger partial charge in [0.1, 0.15) is 0 Å². The third-order valence-corrected chi connectivity index (χ3v) is 4.17. The Labute approximate surface area is 108 Å². The van der Waals surface area contributed by atoms with Crippen molar-refractivity contribution in [1.82, 2.24) is 0 Å². The molecule has 3 rings (SSSR count). The predicted octanol–water partition coefficient (Wildman–Crippen LogP) is 1.98. The van der Waals surface area contributed by atoms with Gasteiger partial charge < -0.3 is 20.1 Å². The van der Waals surface area contributed by atoms with Crippen molar-refractivity contribution in [2.24, 2.45) is 11.1 Å².